The lowest BCUT2D eigenvalue weighted by Crippen LogP contribution is -2.58. The summed E-state index contributed by atoms with van der Waals surface area (Å²) in [5.74, 6) is 6.03. The largest absolute Gasteiger partial charge is 0.242 e. The van der Waals surface area contributed by atoms with Crippen molar-refractivity contribution in [1.29, 1.82) is 0 Å². The molecule has 0 radical (unpaired) electrons. The van der Waals surface area contributed by atoms with Crippen molar-refractivity contribution in [3.8, 4) is 0 Å². The Morgan fingerprint density at radius 1 is 0.778 bits per heavy atom. The van der Waals surface area contributed by atoms with Gasteiger partial charge in [-0.15, -0.1) is 0 Å². The maximum absolute atomic E-state index is 13.2. The molecule has 4 heteroatoms. The molecule has 1 N–H and O–H groups in total. The van der Waals surface area contributed by atoms with Crippen LogP contribution in [-0.2, 0) is 11.0 Å². The van der Waals surface area contributed by atoms with Crippen LogP contribution in [0.25, 0.3) is 0 Å². The molecule has 36 heavy (non-hydrogen) atoms. The number of nitrogens with one attached hydrogen (secondary N) is 1. The lowest BCUT2D eigenvalue weighted by Gasteiger charge is -2.67. The van der Waals surface area contributed by atoms with E-state index < -0.39 is 11.0 Å². The first kappa shape index (κ1) is 24.8. The molecule has 198 valence electrons. The predicted octanol–water partition coefficient (Wildman–Crippen LogP) is 7.84. The van der Waals surface area contributed by atoms with E-state index in [2.05, 4.69) is 56.7 Å². The molecule has 8 aliphatic rings. The van der Waals surface area contributed by atoms with E-state index in [9.17, 15) is 4.21 Å². The topological polar surface area (TPSA) is 29.1 Å². The first-order valence-electron chi connectivity index (χ1n) is 15.2. The molecule has 0 aliphatic heterocycles. The van der Waals surface area contributed by atoms with E-state index in [4.69, 9.17) is 0 Å². The van der Waals surface area contributed by atoms with Gasteiger partial charge in [0.2, 0.25) is 0 Å². The molecular weight excluding hydrogens is 477 g/mol. The van der Waals surface area contributed by atoms with Crippen molar-refractivity contribution >= 4 is 24.2 Å². The van der Waals surface area contributed by atoms with E-state index in [1.165, 1.54) is 82.6 Å². The van der Waals surface area contributed by atoms with Crippen LogP contribution in [0.3, 0.4) is 0 Å². The van der Waals surface area contributed by atoms with E-state index in [0.29, 0.717) is 10.3 Å². The summed E-state index contributed by atoms with van der Waals surface area (Å²) >= 11 is 0. The summed E-state index contributed by atoms with van der Waals surface area (Å²) in [6.45, 7) is 8.56. The van der Waals surface area contributed by atoms with Crippen LogP contribution in [-0.4, -0.2) is 19.3 Å². The first-order chi connectivity index (χ1) is 17.1. The quantitative estimate of drug-likeness (QED) is 0.377. The molecular formula is C32H48NOPS. The van der Waals surface area contributed by atoms with Gasteiger partial charge in [0.05, 0.1) is 15.7 Å². The Morgan fingerprint density at radius 3 is 1.56 bits per heavy atom. The van der Waals surface area contributed by atoms with Crippen LogP contribution < -0.4 is 10.0 Å². The van der Waals surface area contributed by atoms with Gasteiger partial charge in [-0.05, 0) is 161 Å². The van der Waals surface area contributed by atoms with Crippen molar-refractivity contribution < 1.29 is 4.21 Å². The summed E-state index contributed by atoms with van der Waals surface area (Å²) in [4.78, 5) is 0. The van der Waals surface area contributed by atoms with Gasteiger partial charge in [0.1, 0.15) is 0 Å². The average Bonchev–Trinajstić information content (AvgIpc) is 2.76. The van der Waals surface area contributed by atoms with E-state index in [1.54, 1.807) is 5.30 Å². The minimum absolute atomic E-state index is 0.133. The Morgan fingerprint density at radius 2 is 1.17 bits per heavy atom. The van der Waals surface area contributed by atoms with Crippen molar-refractivity contribution in [2.45, 2.75) is 126 Å². The molecule has 0 spiro atoms. The minimum atomic E-state index is -1.05. The van der Waals surface area contributed by atoms with Crippen LogP contribution in [0.5, 0.6) is 0 Å². The van der Waals surface area contributed by atoms with Crippen molar-refractivity contribution in [3.05, 3.63) is 29.8 Å². The Labute approximate surface area is 223 Å². The van der Waals surface area contributed by atoms with E-state index in [1.807, 2.05) is 0 Å². The van der Waals surface area contributed by atoms with Gasteiger partial charge < -0.3 is 0 Å². The Bertz CT molecular complexity index is 928. The highest BCUT2D eigenvalue weighted by atomic mass is 32.2. The number of benzene rings is 1. The molecule has 1 aromatic rings. The standard InChI is InChI=1S/C32H48NOPS/c1-21(33-36(34)30(2,3)4)28-7-5-6-8-29(28)35(31-15-22-9-23(16-31)11-24(10-22)17-31)32-18-25-12-26(19-32)14-27(13-25)20-32/h5-8,21-27,33H,9-20H2,1-4H3/t21-,22?,23?,24?,25?,26?,27?,31?,32?,35?,36?/m1/s1. The molecule has 8 fully saturated rings. The van der Waals surface area contributed by atoms with Crippen molar-refractivity contribution in [2.75, 3.05) is 0 Å². The normalized spacial score (nSPS) is 45.1. The van der Waals surface area contributed by atoms with Gasteiger partial charge >= 0.3 is 0 Å². The summed E-state index contributed by atoms with van der Waals surface area (Å²) in [5.41, 5.74) is 1.48. The van der Waals surface area contributed by atoms with Crippen LogP contribution in [0, 0.1) is 35.5 Å². The lowest BCUT2D eigenvalue weighted by atomic mass is 9.55. The van der Waals surface area contributed by atoms with Crippen LogP contribution in [0.1, 0.15) is 116 Å². The van der Waals surface area contributed by atoms with Gasteiger partial charge in [0.15, 0.2) is 0 Å². The molecule has 1 aromatic carbocycles. The van der Waals surface area contributed by atoms with Crippen molar-refractivity contribution in [2.24, 2.45) is 35.5 Å². The second-order valence-corrected chi connectivity index (χ2v) is 20.4. The van der Waals surface area contributed by atoms with Crippen molar-refractivity contribution in [3.63, 3.8) is 0 Å². The third-order valence-corrected chi connectivity index (χ3v) is 17.0. The van der Waals surface area contributed by atoms with Gasteiger partial charge in [0, 0.05) is 6.04 Å². The van der Waals surface area contributed by atoms with Gasteiger partial charge in [-0.2, -0.15) is 0 Å². The minimum Gasteiger partial charge on any atom is -0.242 e. The molecule has 0 amide bonds. The monoisotopic (exact) mass is 525 g/mol. The third-order valence-electron chi connectivity index (χ3n) is 11.4. The zero-order valence-corrected chi connectivity index (χ0v) is 24.8. The van der Waals surface area contributed by atoms with Crippen LogP contribution >= 0.6 is 7.92 Å². The van der Waals surface area contributed by atoms with Gasteiger partial charge in [0.25, 0.3) is 0 Å². The number of hydrogen-bond acceptors (Lipinski definition) is 1. The highest BCUT2D eigenvalue weighted by Crippen LogP contribution is 2.78. The fourth-order valence-electron chi connectivity index (χ4n) is 11.1. The second-order valence-electron chi connectivity index (χ2n) is 15.4. The molecule has 9 rings (SSSR count). The highest BCUT2D eigenvalue weighted by Gasteiger charge is 2.63. The summed E-state index contributed by atoms with van der Waals surface area (Å²) in [6, 6.07) is 9.71. The fraction of sp³-hybridized carbons (Fsp3) is 0.812. The highest BCUT2D eigenvalue weighted by molar-refractivity contribution is 7.84. The molecule has 0 aromatic heterocycles. The maximum Gasteiger partial charge on any atom is 0.0975 e. The molecule has 8 aliphatic carbocycles. The Balaban J connectivity index is 1.34. The molecule has 8 saturated carbocycles. The summed E-state index contributed by atoms with van der Waals surface area (Å²) in [6.07, 6.45) is 18.4. The van der Waals surface area contributed by atoms with E-state index >= 15 is 0 Å². The molecule has 2 nitrogen and oxygen atoms in total. The van der Waals surface area contributed by atoms with Crippen LogP contribution in [0.4, 0.5) is 0 Å². The number of hydrogen-bond donors (Lipinski definition) is 1. The summed E-state index contributed by atoms with van der Waals surface area (Å²) in [7, 11) is -1.30. The average molecular weight is 526 g/mol. The second kappa shape index (κ2) is 8.63. The fourth-order valence-corrected chi connectivity index (χ4v) is 17.4. The zero-order valence-electron chi connectivity index (χ0n) is 23.1. The Hall–Kier alpha value is -0.240. The smallest absolute Gasteiger partial charge is 0.0975 e. The summed E-state index contributed by atoms with van der Waals surface area (Å²) < 4.78 is 16.5. The first-order valence-corrected chi connectivity index (χ1v) is 17.7. The molecule has 0 heterocycles. The van der Waals surface area contributed by atoms with Crippen molar-refractivity contribution in [1.82, 2.24) is 4.72 Å². The Kier molecular flexibility index (Phi) is 5.94. The lowest BCUT2D eigenvalue weighted by molar-refractivity contribution is 0.0195. The van der Waals surface area contributed by atoms with E-state index in [-0.39, 0.29) is 18.7 Å². The predicted molar refractivity (Wildman–Crippen MR) is 154 cm³/mol. The van der Waals surface area contributed by atoms with Crippen LogP contribution in [0.2, 0.25) is 0 Å². The molecule has 1 unspecified atom stereocenters. The molecule has 0 saturated heterocycles. The van der Waals surface area contributed by atoms with Gasteiger partial charge in [-0.1, -0.05) is 32.2 Å². The summed E-state index contributed by atoms with van der Waals surface area (Å²) in [5, 5.41) is 2.88. The SMILES string of the molecule is C[C@@H](NS(=O)C(C)(C)C)c1ccccc1P(C12CC3CC(CC(C3)C1)C2)C12CC3CC(CC(C3)C1)C2. The molecule has 8 bridgehead atoms. The zero-order chi connectivity index (χ0) is 24.9. The third kappa shape index (κ3) is 4.03. The number of rotatable bonds is 6. The molecule has 2 atom stereocenters. The van der Waals surface area contributed by atoms with Crippen LogP contribution in [0.15, 0.2) is 24.3 Å². The van der Waals surface area contributed by atoms with Gasteiger partial charge in [-0.3, -0.25) is 0 Å². The van der Waals surface area contributed by atoms with Gasteiger partial charge in [-0.25, -0.2) is 8.93 Å². The maximum atomic E-state index is 13.2. The van der Waals surface area contributed by atoms with E-state index in [0.717, 1.165) is 35.5 Å².